The summed E-state index contributed by atoms with van der Waals surface area (Å²) in [4.78, 5) is 48.4. The summed E-state index contributed by atoms with van der Waals surface area (Å²) in [5.74, 6) is -1.13. The number of hydrogen-bond donors (Lipinski definition) is 2. The molecule has 0 aromatic heterocycles. The quantitative estimate of drug-likeness (QED) is 0.276. The van der Waals surface area contributed by atoms with Crippen LogP contribution in [0, 0.1) is 10.1 Å². The van der Waals surface area contributed by atoms with Crippen molar-refractivity contribution < 1.29 is 19.3 Å². The second kappa shape index (κ2) is 9.38. The summed E-state index contributed by atoms with van der Waals surface area (Å²) < 4.78 is 0. The lowest BCUT2D eigenvalue weighted by molar-refractivity contribution is -0.383. The fourth-order valence-electron chi connectivity index (χ4n) is 2.69. The highest BCUT2D eigenvalue weighted by atomic mass is 35.5. The van der Waals surface area contributed by atoms with E-state index in [1.165, 1.54) is 18.2 Å². The molecule has 0 spiro atoms. The number of carbonyl (C=O) groups is 3. The molecule has 3 amide bonds. The summed E-state index contributed by atoms with van der Waals surface area (Å²) in [6.45, 7) is -0.117. The van der Waals surface area contributed by atoms with E-state index in [4.69, 9.17) is 28.9 Å². The maximum absolute atomic E-state index is 12.6. The van der Waals surface area contributed by atoms with Gasteiger partial charge in [0, 0.05) is 24.7 Å². The molecule has 2 aromatic rings. The van der Waals surface area contributed by atoms with Gasteiger partial charge in [-0.2, -0.15) is 0 Å². The lowest BCUT2D eigenvalue weighted by atomic mass is 10.1. The zero-order valence-electron chi connectivity index (χ0n) is 15.6. The summed E-state index contributed by atoms with van der Waals surface area (Å²) in [6.07, 6.45) is 1.48. The second-order valence-corrected chi connectivity index (χ2v) is 8.04. The Balaban J connectivity index is 1.64. The molecule has 1 heterocycles. The fraction of sp³-hybridized carbons (Fsp3) is 0.105. The van der Waals surface area contributed by atoms with Crippen molar-refractivity contribution in [2.45, 2.75) is 0 Å². The van der Waals surface area contributed by atoms with Crippen LogP contribution >= 0.6 is 35.0 Å². The topological polar surface area (TPSA) is 136 Å². The van der Waals surface area contributed by atoms with Crippen molar-refractivity contribution in [3.63, 3.8) is 0 Å². The van der Waals surface area contributed by atoms with E-state index in [1.54, 1.807) is 18.2 Å². The lowest BCUT2D eigenvalue weighted by Crippen LogP contribution is -2.37. The van der Waals surface area contributed by atoms with Crippen LogP contribution in [0.25, 0.3) is 6.08 Å². The van der Waals surface area contributed by atoms with Gasteiger partial charge in [-0.05, 0) is 41.6 Å². The van der Waals surface area contributed by atoms with Gasteiger partial charge >= 0.3 is 0 Å². The molecule has 0 bridgehead atoms. The molecule has 0 unspecified atom stereocenters. The minimum Gasteiger partial charge on any atom is -0.393 e. The van der Waals surface area contributed by atoms with Gasteiger partial charge < -0.3 is 11.1 Å². The largest absolute Gasteiger partial charge is 0.393 e. The van der Waals surface area contributed by atoms with E-state index in [0.29, 0.717) is 10.6 Å². The molecule has 0 saturated carbocycles. The van der Waals surface area contributed by atoms with E-state index in [0.717, 1.165) is 22.7 Å². The minimum absolute atomic E-state index is 0.0329. The van der Waals surface area contributed by atoms with E-state index >= 15 is 0 Å². The van der Waals surface area contributed by atoms with E-state index in [-0.39, 0.29) is 40.0 Å². The van der Waals surface area contributed by atoms with Gasteiger partial charge in [-0.15, -0.1) is 0 Å². The number of rotatable bonds is 6. The summed E-state index contributed by atoms with van der Waals surface area (Å²) in [7, 11) is 0. The molecule has 12 heteroatoms. The number of halogens is 2. The average molecular weight is 481 g/mol. The van der Waals surface area contributed by atoms with Crippen LogP contribution in [-0.2, 0) is 4.79 Å². The molecule has 1 aliphatic heterocycles. The van der Waals surface area contributed by atoms with Crippen LogP contribution in [0.2, 0.25) is 10.0 Å². The molecule has 0 aliphatic carbocycles. The van der Waals surface area contributed by atoms with Gasteiger partial charge in [0.05, 0.1) is 19.9 Å². The molecular formula is C19H14Cl2N4O5S. The molecule has 160 valence electrons. The average Bonchev–Trinajstić information content (AvgIpc) is 2.98. The van der Waals surface area contributed by atoms with Crippen LogP contribution in [0.4, 0.5) is 16.2 Å². The van der Waals surface area contributed by atoms with Crippen molar-refractivity contribution >= 4 is 69.5 Å². The fourth-order valence-corrected chi connectivity index (χ4v) is 3.91. The van der Waals surface area contributed by atoms with Crippen molar-refractivity contribution in [2.75, 3.05) is 18.8 Å². The minimum atomic E-state index is -0.690. The number of amides is 3. The number of nitrogens with one attached hydrogen (secondary N) is 1. The first kappa shape index (κ1) is 22.6. The maximum atomic E-state index is 12.6. The highest BCUT2D eigenvalue weighted by Crippen LogP contribution is 2.34. The first-order chi connectivity index (χ1) is 14.7. The predicted octanol–water partition coefficient (Wildman–Crippen LogP) is 3.95. The first-order valence-corrected chi connectivity index (χ1v) is 10.3. The summed E-state index contributed by atoms with van der Waals surface area (Å²) in [5.41, 5.74) is 5.59. The van der Waals surface area contributed by atoms with Crippen LogP contribution in [0.1, 0.15) is 15.9 Å². The van der Waals surface area contributed by atoms with Gasteiger partial charge in [0.15, 0.2) is 0 Å². The number of hydrogen-bond acceptors (Lipinski definition) is 7. The molecular weight excluding hydrogens is 467 g/mol. The molecule has 3 N–H and O–H groups in total. The molecule has 9 nitrogen and oxygen atoms in total. The van der Waals surface area contributed by atoms with Crippen molar-refractivity contribution in [3.05, 3.63) is 72.6 Å². The van der Waals surface area contributed by atoms with E-state index < -0.39 is 22.0 Å². The third-order valence-corrected chi connectivity index (χ3v) is 5.99. The normalized spacial score (nSPS) is 14.9. The second-order valence-electron chi connectivity index (χ2n) is 6.26. The molecule has 2 aromatic carbocycles. The Hall–Kier alpha value is -3.08. The Morgan fingerprint density at radius 3 is 2.71 bits per heavy atom. The van der Waals surface area contributed by atoms with Gasteiger partial charge in [0.1, 0.15) is 5.69 Å². The van der Waals surface area contributed by atoms with E-state index in [2.05, 4.69) is 5.32 Å². The Morgan fingerprint density at radius 1 is 1.26 bits per heavy atom. The number of anilines is 1. The van der Waals surface area contributed by atoms with Gasteiger partial charge in [-0.25, -0.2) is 0 Å². The molecule has 0 atom stereocenters. The Kier molecular flexibility index (Phi) is 6.84. The molecule has 3 rings (SSSR count). The van der Waals surface area contributed by atoms with Crippen LogP contribution in [-0.4, -0.2) is 40.0 Å². The van der Waals surface area contributed by atoms with Crippen molar-refractivity contribution in [3.8, 4) is 0 Å². The van der Waals surface area contributed by atoms with E-state index in [1.807, 2.05) is 0 Å². The number of carbonyl (C=O) groups excluding carboxylic acids is 3. The number of nitro groups is 1. The standard InChI is InChI=1S/C19H14Cl2N4O5S/c20-12-3-1-2-10(16(12)21)9-15-18(27)24(19(28)31-15)7-6-23-17(26)11-4-5-13(22)14(8-11)25(29)30/h1-5,8-9H,6-7,22H2,(H,23,26)/b15-9-. The van der Waals surface area contributed by atoms with E-state index in [9.17, 15) is 24.5 Å². The Bertz CT molecular complexity index is 1140. The number of thioether (sulfide) groups is 1. The number of nitrogens with two attached hydrogens (primary N) is 1. The maximum Gasteiger partial charge on any atom is 0.293 e. The third-order valence-electron chi connectivity index (χ3n) is 4.25. The highest BCUT2D eigenvalue weighted by molar-refractivity contribution is 8.18. The van der Waals surface area contributed by atoms with Gasteiger partial charge in [0.2, 0.25) is 0 Å². The summed E-state index contributed by atoms with van der Waals surface area (Å²) in [6, 6.07) is 8.59. The van der Waals surface area contributed by atoms with Crippen LogP contribution in [0.5, 0.6) is 0 Å². The molecule has 0 radical (unpaired) electrons. The Morgan fingerprint density at radius 2 is 2.00 bits per heavy atom. The number of nitro benzene ring substituents is 1. The molecule has 1 saturated heterocycles. The molecule has 31 heavy (non-hydrogen) atoms. The van der Waals surface area contributed by atoms with Crippen LogP contribution < -0.4 is 11.1 Å². The Labute approximate surface area is 190 Å². The van der Waals surface area contributed by atoms with Crippen molar-refractivity contribution in [1.29, 1.82) is 0 Å². The SMILES string of the molecule is Nc1ccc(C(=O)NCCN2C(=O)S/C(=C\c3cccc(Cl)c3Cl)C2=O)cc1[N+](=O)[O-]. The summed E-state index contributed by atoms with van der Waals surface area (Å²) >= 11 is 12.8. The smallest absolute Gasteiger partial charge is 0.293 e. The zero-order valence-corrected chi connectivity index (χ0v) is 18.0. The van der Waals surface area contributed by atoms with Gasteiger partial charge in [0.25, 0.3) is 22.7 Å². The van der Waals surface area contributed by atoms with Gasteiger partial charge in [-0.3, -0.25) is 29.4 Å². The predicted molar refractivity (Wildman–Crippen MR) is 119 cm³/mol. The summed E-state index contributed by atoms with van der Waals surface area (Å²) in [5, 5.41) is 13.6. The number of nitrogens with zero attached hydrogens (tertiary/aromatic N) is 2. The number of nitrogen functional groups attached to an aromatic ring is 1. The first-order valence-electron chi connectivity index (χ1n) is 8.70. The van der Waals surface area contributed by atoms with Crippen molar-refractivity contribution in [1.82, 2.24) is 10.2 Å². The molecule has 1 aliphatic rings. The third kappa shape index (κ3) is 4.98. The van der Waals surface area contributed by atoms with Crippen LogP contribution in [0.3, 0.4) is 0 Å². The van der Waals surface area contributed by atoms with Gasteiger partial charge in [-0.1, -0.05) is 35.3 Å². The number of imide groups is 1. The lowest BCUT2D eigenvalue weighted by Gasteiger charge is -2.13. The monoisotopic (exact) mass is 480 g/mol. The molecule has 1 fully saturated rings. The van der Waals surface area contributed by atoms with Crippen molar-refractivity contribution in [2.24, 2.45) is 0 Å². The highest BCUT2D eigenvalue weighted by Gasteiger charge is 2.34. The number of benzene rings is 2. The van der Waals surface area contributed by atoms with Crippen LogP contribution in [0.15, 0.2) is 41.3 Å². The zero-order chi connectivity index (χ0) is 22.7.